The maximum absolute atomic E-state index is 12.6. The number of benzene rings is 2. The molecule has 3 N–H and O–H groups in total. The topological polar surface area (TPSA) is 132 Å². The van der Waals surface area contributed by atoms with Crippen molar-refractivity contribution in [1.82, 2.24) is 15.3 Å². The van der Waals surface area contributed by atoms with Gasteiger partial charge in [0.25, 0.3) is 15.9 Å². The van der Waals surface area contributed by atoms with Crippen molar-refractivity contribution >= 4 is 44.9 Å². The number of anilines is 2. The van der Waals surface area contributed by atoms with E-state index in [-0.39, 0.29) is 16.0 Å². The Labute approximate surface area is 202 Å². The zero-order valence-corrected chi connectivity index (χ0v) is 20.5. The average molecular weight is 502 g/mol. The van der Waals surface area contributed by atoms with Gasteiger partial charge in [-0.1, -0.05) is 0 Å². The fraction of sp³-hybridized carbons (Fsp3) is 0.182. The molecule has 0 unspecified atom stereocenters. The van der Waals surface area contributed by atoms with Crippen molar-refractivity contribution in [1.29, 1.82) is 0 Å². The second kappa shape index (κ2) is 10.4. The van der Waals surface area contributed by atoms with Crippen LogP contribution in [-0.2, 0) is 10.0 Å². The van der Waals surface area contributed by atoms with Gasteiger partial charge in [-0.25, -0.2) is 23.1 Å². The number of amides is 1. The zero-order chi connectivity index (χ0) is 24.9. The van der Waals surface area contributed by atoms with E-state index in [4.69, 9.17) is 21.7 Å². The Morgan fingerprint density at radius 3 is 2.00 bits per heavy atom. The molecule has 1 amide bonds. The molecule has 0 atom stereocenters. The summed E-state index contributed by atoms with van der Waals surface area (Å²) in [4.78, 5) is 20.7. The molecule has 0 aliphatic rings. The summed E-state index contributed by atoms with van der Waals surface area (Å²) in [6, 6.07) is 12.3. The Bertz CT molecular complexity index is 1290. The van der Waals surface area contributed by atoms with Gasteiger partial charge in [-0.2, -0.15) is 0 Å². The third-order valence-electron chi connectivity index (χ3n) is 4.47. The Kier molecular flexibility index (Phi) is 7.64. The fourth-order valence-electron chi connectivity index (χ4n) is 2.94. The molecule has 2 aromatic carbocycles. The summed E-state index contributed by atoms with van der Waals surface area (Å²) in [7, 11) is -0.923. The Balaban J connectivity index is 1.66. The molecular formula is C22H23N5O5S2. The summed E-state index contributed by atoms with van der Waals surface area (Å²) < 4.78 is 38.0. The number of sulfonamides is 1. The van der Waals surface area contributed by atoms with Gasteiger partial charge in [0.05, 0.1) is 19.1 Å². The normalized spacial score (nSPS) is 10.8. The van der Waals surface area contributed by atoms with Crippen molar-refractivity contribution in [2.45, 2.75) is 18.7 Å². The lowest BCUT2D eigenvalue weighted by Crippen LogP contribution is -2.34. The van der Waals surface area contributed by atoms with Gasteiger partial charge in [0.1, 0.15) is 11.5 Å². The van der Waals surface area contributed by atoms with Crippen LogP contribution in [0.2, 0.25) is 0 Å². The quantitative estimate of drug-likeness (QED) is 0.418. The molecule has 12 heteroatoms. The molecule has 0 fully saturated rings. The van der Waals surface area contributed by atoms with E-state index in [1.54, 1.807) is 38.1 Å². The lowest BCUT2D eigenvalue weighted by Gasteiger charge is -2.12. The standard InChI is InChI=1S/C22H23N5O5S2/c1-13-9-14(2)24-21(23-13)27-34(29,30)19-7-5-16(6-8-19)25-22(33)26-20(28)15-10-17(31-3)12-18(11-15)32-4/h5-12H,1-4H3,(H,23,24,27)(H2,25,26,28,33). The molecule has 3 rings (SSSR count). The first kappa shape index (κ1) is 24.9. The molecule has 0 bridgehead atoms. The SMILES string of the molecule is COc1cc(OC)cc(C(=O)NC(=S)Nc2ccc(S(=O)(=O)Nc3nc(C)cc(C)n3)cc2)c1. The van der Waals surface area contributed by atoms with Gasteiger partial charge < -0.3 is 14.8 Å². The van der Waals surface area contributed by atoms with Crippen molar-refractivity contribution in [2.75, 3.05) is 24.3 Å². The van der Waals surface area contributed by atoms with Crippen molar-refractivity contribution in [2.24, 2.45) is 0 Å². The Morgan fingerprint density at radius 1 is 0.912 bits per heavy atom. The lowest BCUT2D eigenvalue weighted by atomic mass is 10.2. The molecule has 0 spiro atoms. The van der Waals surface area contributed by atoms with E-state index in [0.717, 1.165) is 0 Å². The number of ether oxygens (including phenoxy) is 2. The first-order valence-electron chi connectivity index (χ1n) is 9.90. The molecule has 1 aromatic heterocycles. The van der Waals surface area contributed by atoms with Gasteiger partial charge in [0, 0.05) is 28.7 Å². The third-order valence-corrected chi connectivity index (χ3v) is 6.02. The van der Waals surface area contributed by atoms with Crippen LogP contribution in [0.1, 0.15) is 21.7 Å². The minimum atomic E-state index is -3.89. The minimum absolute atomic E-state index is 0.00207. The second-order valence-electron chi connectivity index (χ2n) is 7.11. The molecule has 0 radical (unpaired) electrons. The molecule has 0 aliphatic heterocycles. The summed E-state index contributed by atoms with van der Waals surface area (Å²) in [5, 5.41) is 5.43. The van der Waals surface area contributed by atoms with Crippen LogP contribution in [0.4, 0.5) is 11.6 Å². The fourth-order valence-corrected chi connectivity index (χ4v) is 4.10. The maximum atomic E-state index is 12.6. The number of aryl methyl sites for hydroxylation is 2. The highest BCUT2D eigenvalue weighted by Gasteiger charge is 2.17. The molecule has 178 valence electrons. The van der Waals surface area contributed by atoms with E-state index in [1.165, 1.54) is 38.5 Å². The number of carbonyl (C=O) groups is 1. The van der Waals surface area contributed by atoms with Crippen molar-refractivity contribution in [3.8, 4) is 11.5 Å². The number of rotatable bonds is 7. The highest BCUT2D eigenvalue weighted by molar-refractivity contribution is 7.92. The Morgan fingerprint density at radius 2 is 1.47 bits per heavy atom. The summed E-state index contributed by atoms with van der Waals surface area (Å²) >= 11 is 5.20. The summed E-state index contributed by atoms with van der Waals surface area (Å²) in [6.45, 7) is 3.50. The van der Waals surface area contributed by atoms with E-state index in [0.29, 0.717) is 34.1 Å². The van der Waals surface area contributed by atoms with Crippen molar-refractivity contribution in [3.63, 3.8) is 0 Å². The number of hydrogen-bond acceptors (Lipinski definition) is 8. The van der Waals surface area contributed by atoms with Gasteiger partial charge in [0.2, 0.25) is 5.95 Å². The van der Waals surface area contributed by atoms with Crippen molar-refractivity contribution < 1.29 is 22.7 Å². The van der Waals surface area contributed by atoms with E-state index < -0.39 is 15.9 Å². The molecule has 0 aliphatic carbocycles. The molecule has 1 heterocycles. The van der Waals surface area contributed by atoms with Crippen molar-refractivity contribution in [3.05, 3.63) is 65.5 Å². The predicted molar refractivity (Wildman–Crippen MR) is 132 cm³/mol. The van der Waals surface area contributed by atoms with Crippen LogP contribution < -0.4 is 24.8 Å². The highest BCUT2D eigenvalue weighted by Crippen LogP contribution is 2.22. The van der Waals surface area contributed by atoms with Crippen LogP contribution in [0, 0.1) is 13.8 Å². The number of methoxy groups -OCH3 is 2. The average Bonchev–Trinajstić information content (AvgIpc) is 2.77. The number of carbonyl (C=O) groups excluding carboxylic acids is 1. The third kappa shape index (κ3) is 6.39. The second-order valence-corrected chi connectivity index (χ2v) is 9.20. The van der Waals surface area contributed by atoms with Gasteiger partial charge in [-0.3, -0.25) is 10.1 Å². The highest BCUT2D eigenvalue weighted by atomic mass is 32.2. The first-order valence-corrected chi connectivity index (χ1v) is 11.8. The predicted octanol–water partition coefficient (Wildman–Crippen LogP) is 3.04. The van der Waals surface area contributed by atoms with Crippen LogP contribution in [0.15, 0.2) is 53.4 Å². The summed E-state index contributed by atoms with van der Waals surface area (Å²) in [6.07, 6.45) is 0. The molecule has 0 saturated carbocycles. The monoisotopic (exact) mass is 501 g/mol. The van der Waals surface area contributed by atoms with Crippen LogP contribution in [0.25, 0.3) is 0 Å². The minimum Gasteiger partial charge on any atom is -0.497 e. The van der Waals surface area contributed by atoms with E-state index in [2.05, 4.69) is 25.3 Å². The first-order chi connectivity index (χ1) is 16.1. The van der Waals surface area contributed by atoms with E-state index >= 15 is 0 Å². The van der Waals surface area contributed by atoms with Crippen LogP contribution >= 0.6 is 12.2 Å². The molecule has 34 heavy (non-hydrogen) atoms. The number of nitrogens with one attached hydrogen (secondary N) is 3. The summed E-state index contributed by atoms with van der Waals surface area (Å²) in [5.41, 5.74) is 2.07. The Hall–Kier alpha value is -3.77. The summed E-state index contributed by atoms with van der Waals surface area (Å²) in [5.74, 6) is 0.448. The maximum Gasteiger partial charge on any atom is 0.264 e. The van der Waals surface area contributed by atoms with Crippen LogP contribution in [0.5, 0.6) is 11.5 Å². The number of nitrogens with zero attached hydrogens (tertiary/aromatic N) is 2. The van der Waals surface area contributed by atoms with Gasteiger partial charge in [-0.15, -0.1) is 0 Å². The van der Waals surface area contributed by atoms with Gasteiger partial charge in [0.15, 0.2) is 5.11 Å². The number of thiocarbonyl (C=S) groups is 1. The van der Waals surface area contributed by atoms with Gasteiger partial charge >= 0.3 is 0 Å². The molecular weight excluding hydrogens is 478 g/mol. The van der Waals surface area contributed by atoms with Crippen LogP contribution in [-0.4, -0.2) is 43.6 Å². The van der Waals surface area contributed by atoms with Gasteiger partial charge in [-0.05, 0) is 68.5 Å². The zero-order valence-electron chi connectivity index (χ0n) is 18.9. The van der Waals surface area contributed by atoms with E-state index in [1.807, 2.05) is 0 Å². The molecule has 10 nitrogen and oxygen atoms in total. The molecule has 0 saturated heterocycles. The lowest BCUT2D eigenvalue weighted by molar-refractivity contribution is 0.0977. The number of aromatic nitrogens is 2. The molecule has 3 aromatic rings. The van der Waals surface area contributed by atoms with Crippen LogP contribution in [0.3, 0.4) is 0 Å². The smallest absolute Gasteiger partial charge is 0.264 e. The van der Waals surface area contributed by atoms with E-state index in [9.17, 15) is 13.2 Å². The largest absolute Gasteiger partial charge is 0.497 e. The number of hydrogen-bond donors (Lipinski definition) is 3.